The van der Waals surface area contributed by atoms with Crippen LogP contribution in [0.2, 0.25) is 0 Å². The first kappa shape index (κ1) is 9.34. The number of benzene rings is 1. The molecule has 2 rings (SSSR count). The third-order valence-electron chi connectivity index (χ3n) is 2.00. The zero-order chi connectivity index (χ0) is 10.3. The lowest BCUT2D eigenvalue weighted by Gasteiger charge is -2.03. The second kappa shape index (κ2) is 2.89. The molecule has 0 atom stereocenters. The molecule has 1 heterocycles. The molecule has 1 aliphatic heterocycles. The Morgan fingerprint density at radius 1 is 1.29 bits per heavy atom. The molecule has 0 fully saturated rings. The topological polar surface area (TPSA) is 69.9 Å². The molecule has 5 heteroatoms. The summed E-state index contributed by atoms with van der Waals surface area (Å²) in [5, 5.41) is 0. The molecule has 0 spiro atoms. The van der Waals surface area contributed by atoms with Crippen LogP contribution in [0.25, 0.3) is 5.57 Å². The van der Waals surface area contributed by atoms with E-state index in [0.29, 0.717) is 16.8 Å². The van der Waals surface area contributed by atoms with Gasteiger partial charge in [0.1, 0.15) is 0 Å². The van der Waals surface area contributed by atoms with Gasteiger partial charge in [0.05, 0.1) is 5.69 Å². The van der Waals surface area contributed by atoms with E-state index in [9.17, 15) is 4.57 Å². The van der Waals surface area contributed by atoms with Gasteiger partial charge in [-0.1, -0.05) is 24.8 Å². The number of fused-ring (bicyclic) bond motifs is 1. The van der Waals surface area contributed by atoms with Crippen molar-refractivity contribution in [3.8, 4) is 0 Å². The molecule has 1 aromatic rings. The largest absolute Gasteiger partial charge is 0.375 e. The SMILES string of the molecule is C=C1C(P(=O)(O)O)=Nc2ccccc21. The molecule has 1 aliphatic rings. The molecule has 0 amide bonds. The molecule has 0 saturated heterocycles. The molecule has 72 valence electrons. The molecular formula is C9H8NO3P. The summed E-state index contributed by atoms with van der Waals surface area (Å²) >= 11 is 0. The summed E-state index contributed by atoms with van der Waals surface area (Å²) in [5.41, 5.74) is 1.34. The zero-order valence-electron chi connectivity index (χ0n) is 7.21. The van der Waals surface area contributed by atoms with Crippen molar-refractivity contribution < 1.29 is 14.4 Å². The van der Waals surface area contributed by atoms with Gasteiger partial charge in [0.25, 0.3) is 0 Å². The number of hydrogen-bond donors (Lipinski definition) is 2. The van der Waals surface area contributed by atoms with Gasteiger partial charge in [0.2, 0.25) is 0 Å². The molecule has 14 heavy (non-hydrogen) atoms. The van der Waals surface area contributed by atoms with E-state index in [1.807, 2.05) is 0 Å². The lowest BCUT2D eigenvalue weighted by molar-refractivity contribution is 0.391. The standard InChI is InChI=1S/C9H8NO3P/c1-6-7-4-2-3-5-8(7)10-9(6)14(11,12)13/h2-5H,1H2,(H2,11,12,13). The van der Waals surface area contributed by atoms with E-state index in [4.69, 9.17) is 9.79 Å². The van der Waals surface area contributed by atoms with E-state index in [-0.39, 0.29) is 5.45 Å². The second-order valence-corrected chi connectivity index (χ2v) is 4.49. The van der Waals surface area contributed by atoms with Crippen LogP contribution in [0.15, 0.2) is 35.8 Å². The van der Waals surface area contributed by atoms with E-state index in [1.165, 1.54) is 0 Å². The summed E-state index contributed by atoms with van der Waals surface area (Å²) in [7, 11) is -4.30. The summed E-state index contributed by atoms with van der Waals surface area (Å²) in [6.07, 6.45) is 0. The van der Waals surface area contributed by atoms with Crippen LogP contribution in [0.5, 0.6) is 0 Å². The lowest BCUT2D eigenvalue weighted by atomic mass is 10.1. The van der Waals surface area contributed by atoms with Gasteiger partial charge in [-0.15, -0.1) is 0 Å². The fourth-order valence-electron chi connectivity index (χ4n) is 1.37. The van der Waals surface area contributed by atoms with Crippen molar-refractivity contribution in [1.82, 2.24) is 0 Å². The fourth-order valence-corrected chi connectivity index (χ4v) is 2.08. The van der Waals surface area contributed by atoms with E-state index in [2.05, 4.69) is 11.6 Å². The number of allylic oxidation sites excluding steroid dienone is 1. The second-order valence-electron chi connectivity index (χ2n) is 2.98. The van der Waals surface area contributed by atoms with Crippen LogP contribution in [-0.2, 0) is 4.57 Å². The van der Waals surface area contributed by atoms with Crippen molar-refractivity contribution in [3.63, 3.8) is 0 Å². The number of rotatable bonds is 1. The first-order valence-electron chi connectivity index (χ1n) is 3.93. The van der Waals surface area contributed by atoms with E-state index >= 15 is 0 Å². The predicted molar refractivity (Wildman–Crippen MR) is 54.6 cm³/mol. The molecule has 0 aliphatic carbocycles. The molecule has 4 nitrogen and oxygen atoms in total. The maximum Gasteiger partial charge on any atom is 0.375 e. The molecular weight excluding hydrogens is 201 g/mol. The highest BCUT2D eigenvalue weighted by atomic mass is 31.2. The van der Waals surface area contributed by atoms with Crippen LogP contribution >= 0.6 is 7.60 Å². The summed E-state index contributed by atoms with van der Waals surface area (Å²) in [6.45, 7) is 3.62. The summed E-state index contributed by atoms with van der Waals surface area (Å²) in [6, 6.07) is 6.98. The highest BCUT2D eigenvalue weighted by molar-refractivity contribution is 7.72. The Kier molecular flexibility index (Phi) is 1.93. The van der Waals surface area contributed by atoms with Crippen LogP contribution in [0.3, 0.4) is 0 Å². The van der Waals surface area contributed by atoms with Gasteiger partial charge in [0, 0.05) is 11.1 Å². The fraction of sp³-hybridized carbons (Fsp3) is 0. The van der Waals surface area contributed by atoms with E-state index in [1.54, 1.807) is 24.3 Å². The maximum absolute atomic E-state index is 11.0. The summed E-state index contributed by atoms with van der Waals surface area (Å²) in [5.74, 6) is 0. The molecule has 0 radical (unpaired) electrons. The maximum atomic E-state index is 11.0. The van der Waals surface area contributed by atoms with Crippen LogP contribution < -0.4 is 0 Å². The van der Waals surface area contributed by atoms with Crippen molar-refractivity contribution >= 4 is 24.3 Å². The van der Waals surface area contributed by atoms with Gasteiger partial charge < -0.3 is 9.79 Å². The molecule has 2 N–H and O–H groups in total. The molecule has 0 saturated carbocycles. The van der Waals surface area contributed by atoms with Gasteiger partial charge in [0.15, 0.2) is 5.45 Å². The summed E-state index contributed by atoms with van der Waals surface area (Å²) < 4.78 is 11.0. The third kappa shape index (κ3) is 1.34. The van der Waals surface area contributed by atoms with Crippen molar-refractivity contribution in [2.75, 3.05) is 0 Å². The number of hydrogen-bond acceptors (Lipinski definition) is 2. The monoisotopic (exact) mass is 209 g/mol. The van der Waals surface area contributed by atoms with E-state index < -0.39 is 7.60 Å². The first-order chi connectivity index (χ1) is 6.50. The summed E-state index contributed by atoms with van der Waals surface area (Å²) in [4.78, 5) is 21.8. The zero-order valence-corrected chi connectivity index (χ0v) is 8.11. The Morgan fingerprint density at radius 3 is 2.50 bits per heavy atom. The average Bonchev–Trinajstić information content (AvgIpc) is 2.44. The Morgan fingerprint density at radius 2 is 1.93 bits per heavy atom. The first-order valence-corrected chi connectivity index (χ1v) is 5.55. The van der Waals surface area contributed by atoms with Crippen molar-refractivity contribution in [3.05, 3.63) is 36.4 Å². The quantitative estimate of drug-likeness (QED) is 0.694. The Hall–Kier alpha value is -1.22. The van der Waals surface area contributed by atoms with Gasteiger partial charge in [-0.05, 0) is 6.07 Å². The molecule has 0 aromatic heterocycles. The number of nitrogens with zero attached hydrogens (tertiary/aromatic N) is 1. The highest BCUT2D eigenvalue weighted by Crippen LogP contribution is 2.48. The van der Waals surface area contributed by atoms with Crippen molar-refractivity contribution in [2.45, 2.75) is 0 Å². The Bertz CT molecular complexity index is 487. The minimum atomic E-state index is -4.30. The van der Waals surface area contributed by atoms with Crippen molar-refractivity contribution in [2.24, 2.45) is 4.99 Å². The van der Waals surface area contributed by atoms with Crippen molar-refractivity contribution in [1.29, 1.82) is 0 Å². The van der Waals surface area contributed by atoms with Crippen LogP contribution in [0.4, 0.5) is 5.69 Å². The van der Waals surface area contributed by atoms with Gasteiger partial charge >= 0.3 is 7.60 Å². The Labute approximate surface area is 80.8 Å². The minimum absolute atomic E-state index is 0.223. The smallest absolute Gasteiger partial charge is 0.320 e. The third-order valence-corrected chi connectivity index (χ3v) is 2.92. The lowest BCUT2D eigenvalue weighted by Crippen LogP contribution is -1.96. The van der Waals surface area contributed by atoms with E-state index in [0.717, 1.165) is 0 Å². The van der Waals surface area contributed by atoms with Gasteiger partial charge in [-0.3, -0.25) is 4.57 Å². The van der Waals surface area contributed by atoms with Gasteiger partial charge in [-0.2, -0.15) is 0 Å². The average molecular weight is 209 g/mol. The molecule has 0 bridgehead atoms. The number of aliphatic imine (C=N–C) groups is 1. The number of para-hydroxylation sites is 1. The normalized spacial score (nSPS) is 15.3. The molecule has 0 unspecified atom stereocenters. The van der Waals surface area contributed by atoms with Crippen LogP contribution in [-0.4, -0.2) is 15.2 Å². The highest BCUT2D eigenvalue weighted by Gasteiger charge is 2.31. The Balaban J connectivity index is 2.58. The predicted octanol–water partition coefficient (Wildman–Crippen LogP) is 1.92. The van der Waals surface area contributed by atoms with Crippen LogP contribution in [0, 0.1) is 0 Å². The minimum Gasteiger partial charge on any atom is -0.320 e. The van der Waals surface area contributed by atoms with Gasteiger partial charge in [-0.25, -0.2) is 4.99 Å². The van der Waals surface area contributed by atoms with Crippen LogP contribution in [0.1, 0.15) is 5.56 Å². The molecule has 1 aromatic carbocycles.